The van der Waals surface area contributed by atoms with E-state index in [0.29, 0.717) is 16.1 Å². The Hall–Kier alpha value is -2.18. The van der Waals surface area contributed by atoms with Gasteiger partial charge in [0.05, 0.1) is 14.2 Å². The molecular formula is C21H20BrClO5. The monoisotopic (exact) mass is 466 g/mol. The molecule has 0 unspecified atom stereocenters. The summed E-state index contributed by atoms with van der Waals surface area (Å²) in [5.74, 6) is -4.50. The molecule has 0 amide bonds. The number of ether oxygens (including phenoxy) is 2. The zero-order valence-electron chi connectivity index (χ0n) is 15.6. The highest BCUT2D eigenvalue weighted by atomic mass is 79.9. The minimum Gasteiger partial charge on any atom is -0.468 e. The van der Waals surface area contributed by atoms with E-state index in [1.807, 2.05) is 0 Å². The van der Waals surface area contributed by atoms with Crippen molar-refractivity contribution >= 4 is 45.3 Å². The minimum atomic E-state index is -1.29. The molecule has 28 heavy (non-hydrogen) atoms. The highest BCUT2D eigenvalue weighted by Gasteiger charge is 2.43. The van der Waals surface area contributed by atoms with E-state index >= 15 is 0 Å². The molecule has 0 aliphatic rings. The summed E-state index contributed by atoms with van der Waals surface area (Å²) >= 11 is 9.31. The van der Waals surface area contributed by atoms with Gasteiger partial charge in [-0.25, -0.2) is 0 Å². The third-order valence-corrected chi connectivity index (χ3v) is 5.39. The molecule has 0 saturated carbocycles. The lowest BCUT2D eigenvalue weighted by atomic mass is 9.74. The summed E-state index contributed by atoms with van der Waals surface area (Å²) in [7, 11) is 2.39. The highest BCUT2D eigenvalue weighted by molar-refractivity contribution is 9.10. The zero-order valence-corrected chi connectivity index (χ0v) is 18.0. The van der Waals surface area contributed by atoms with E-state index in [4.69, 9.17) is 21.1 Å². The lowest BCUT2D eigenvalue weighted by molar-refractivity contribution is -0.160. The molecule has 0 aromatic heterocycles. The smallest absolute Gasteiger partial charge is 0.320 e. The Bertz CT molecular complexity index is 832. The molecule has 0 aliphatic carbocycles. The van der Waals surface area contributed by atoms with Gasteiger partial charge in [-0.15, -0.1) is 0 Å². The van der Waals surface area contributed by atoms with Gasteiger partial charge in [-0.05, 0) is 29.8 Å². The molecular weight excluding hydrogens is 448 g/mol. The number of ketones is 1. The van der Waals surface area contributed by atoms with Gasteiger partial charge in [0, 0.05) is 26.9 Å². The summed E-state index contributed by atoms with van der Waals surface area (Å²) in [5, 5.41) is 0.502. The van der Waals surface area contributed by atoms with Crippen molar-refractivity contribution in [2.45, 2.75) is 12.8 Å². The first-order valence-electron chi connectivity index (χ1n) is 8.51. The Labute approximate surface area is 177 Å². The van der Waals surface area contributed by atoms with E-state index in [1.54, 1.807) is 55.5 Å². The highest BCUT2D eigenvalue weighted by Crippen LogP contribution is 2.36. The van der Waals surface area contributed by atoms with Crippen LogP contribution in [-0.4, -0.2) is 31.9 Å². The van der Waals surface area contributed by atoms with Gasteiger partial charge in [0.1, 0.15) is 0 Å². The predicted octanol–water partition coefficient (Wildman–Crippen LogP) is 4.67. The molecule has 5 nitrogen and oxygen atoms in total. The van der Waals surface area contributed by atoms with Gasteiger partial charge >= 0.3 is 11.9 Å². The average Bonchev–Trinajstić information content (AvgIpc) is 2.71. The topological polar surface area (TPSA) is 69.7 Å². The molecule has 2 aromatic rings. The number of benzene rings is 2. The van der Waals surface area contributed by atoms with Crippen molar-refractivity contribution in [3.63, 3.8) is 0 Å². The van der Waals surface area contributed by atoms with Crippen LogP contribution in [0.2, 0.25) is 5.02 Å². The Balaban J connectivity index is 2.53. The van der Waals surface area contributed by atoms with Crippen LogP contribution >= 0.6 is 27.5 Å². The molecule has 0 aliphatic heterocycles. The number of hydrogen-bond donors (Lipinski definition) is 0. The van der Waals surface area contributed by atoms with Crippen molar-refractivity contribution in [3.8, 4) is 0 Å². The van der Waals surface area contributed by atoms with Crippen LogP contribution in [-0.2, 0) is 19.1 Å². The van der Waals surface area contributed by atoms with E-state index < -0.39 is 29.7 Å². The third-order valence-electron chi connectivity index (χ3n) is 4.61. The van der Waals surface area contributed by atoms with Crippen LogP contribution in [0, 0.1) is 11.8 Å². The summed E-state index contributed by atoms with van der Waals surface area (Å²) in [6.45, 7) is 1.68. The largest absolute Gasteiger partial charge is 0.468 e. The Morgan fingerprint density at radius 2 is 1.39 bits per heavy atom. The molecule has 0 heterocycles. The van der Waals surface area contributed by atoms with Crippen LogP contribution in [0.5, 0.6) is 0 Å². The molecule has 0 bridgehead atoms. The van der Waals surface area contributed by atoms with Crippen LogP contribution in [0.3, 0.4) is 0 Å². The van der Waals surface area contributed by atoms with E-state index in [2.05, 4.69) is 15.9 Å². The molecule has 2 atom stereocenters. The van der Waals surface area contributed by atoms with Gasteiger partial charge in [0.2, 0.25) is 0 Å². The Morgan fingerprint density at radius 1 is 0.893 bits per heavy atom. The standard InChI is InChI=1S/C21H20BrClO5/c1-12(19(24)14-4-8-15(22)9-5-14)17(13-6-10-16(23)11-7-13)18(20(25)27-2)21(26)28-3/h4-12,17-18H,1-3H3/t12-,17-/m0/s1. The molecule has 148 valence electrons. The molecule has 0 radical (unpaired) electrons. The van der Waals surface area contributed by atoms with Gasteiger partial charge in [-0.1, -0.05) is 58.7 Å². The summed E-state index contributed by atoms with van der Waals surface area (Å²) < 4.78 is 10.5. The normalized spacial score (nSPS) is 12.9. The zero-order chi connectivity index (χ0) is 20.8. The first kappa shape index (κ1) is 22.1. The summed E-state index contributed by atoms with van der Waals surface area (Å²) in [4.78, 5) is 38.0. The van der Waals surface area contributed by atoms with Crippen LogP contribution in [0.4, 0.5) is 0 Å². The van der Waals surface area contributed by atoms with Crippen LogP contribution < -0.4 is 0 Å². The molecule has 0 spiro atoms. The van der Waals surface area contributed by atoms with Crippen molar-refractivity contribution in [3.05, 3.63) is 69.2 Å². The number of carbonyl (C=O) groups is 3. The van der Waals surface area contributed by atoms with Crippen LogP contribution in [0.15, 0.2) is 53.0 Å². The van der Waals surface area contributed by atoms with Gasteiger partial charge in [0.25, 0.3) is 0 Å². The molecule has 0 fully saturated rings. The second kappa shape index (κ2) is 9.85. The number of halogens is 2. The molecule has 7 heteroatoms. The van der Waals surface area contributed by atoms with Gasteiger partial charge in [-0.2, -0.15) is 0 Å². The molecule has 0 N–H and O–H groups in total. The van der Waals surface area contributed by atoms with Crippen molar-refractivity contribution in [2.24, 2.45) is 11.8 Å². The number of Topliss-reactive ketones (excluding diaryl/α,β-unsaturated/α-hetero) is 1. The maximum absolute atomic E-state index is 13.1. The number of esters is 2. The minimum absolute atomic E-state index is 0.203. The summed E-state index contributed by atoms with van der Waals surface area (Å²) in [6.07, 6.45) is 0. The number of methoxy groups -OCH3 is 2. The fourth-order valence-electron chi connectivity index (χ4n) is 3.14. The van der Waals surface area contributed by atoms with E-state index in [-0.39, 0.29) is 5.78 Å². The molecule has 2 aromatic carbocycles. The van der Waals surface area contributed by atoms with Crippen molar-refractivity contribution in [2.75, 3.05) is 14.2 Å². The van der Waals surface area contributed by atoms with Crippen LogP contribution in [0.1, 0.15) is 28.8 Å². The van der Waals surface area contributed by atoms with Crippen molar-refractivity contribution in [1.29, 1.82) is 0 Å². The first-order chi connectivity index (χ1) is 13.3. The first-order valence-corrected chi connectivity index (χ1v) is 9.68. The van der Waals surface area contributed by atoms with E-state index in [1.165, 1.54) is 14.2 Å². The fraction of sp³-hybridized carbons (Fsp3) is 0.286. The van der Waals surface area contributed by atoms with Gasteiger partial charge in [-0.3, -0.25) is 14.4 Å². The van der Waals surface area contributed by atoms with Crippen molar-refractivity contribution < 1.29 is 23.9 Å². The second-order valence-corrected chi connectivity index (χ2v) is 7.61. The average molecular weight is 468 g/mol. The van der Waals surface area contributed by atoms with E-state index in [0.717, 1.165) is 4.47 Å². The fourth-order valence-corrected chi connectivity index (χ4v) is 3.53. The van der Waals surface area contributed by atoms with E-state index in [9.17, 15) is 14.4 Å². The lowest BCUT2D eigenvalue weighted by Crippen LogP contribution is -2.37. The maximum Gasteiger partial charge on any atom is 0.320 e. The molecule has 0 saturated heterocycles. The SMILES string of the molecule is COC(=O)C(C(=O)OC)[C@H](c1ccc(Cl)cc1)[C@H](C)C(=O)c1ccc(Br)cc1. The number of rotatable bonds is 7. The van der Waals surface area contributed by atoms with Gasteiger partial charge in [0.15, 0.2) is 11.7 Å². The van der Waals surface area contributed by atoms with Crippen LogP contribution in [0.25, 0.3) is 0 Å². The number of carbonyl (C=O) groups excluding carboxylic acids is 3. The Morgan fingerprint density at radius 3 is 1.86 bits per heavy atom. The second-order valence-electron chi connectivity index (χ2n) is 6.26. The van der Waals surface area contributed by atoms with Crippen molar-refractivity contribution in [1.82, 2.24) is 0 Å². The lowest BCUT2D eigenvalue weighted by Gasteiger charge is -2.28. The number of hydrogen-bond acceptors (Lipinski definition) is 5. The molecule has 2 rings (SSSR count). The summed E-state index contributed by atoms with van der Waals surface area (Å²) in [6, 6.07) is 13.6. The Kier molecular flexibility index (Phi) is 7.78. The van der Waals surface area contributed by atoms with Gasteiger partial charge < -0.3 is 9.47 Å². The quantitative estimate of drug-likeness (QED) is 0.336. The summed E-state index contributed by atoms with van der Waals surface area (Å²) in [5.41, 5.74) is 1.09. The third kappa shape index (κ3) is 5.00. The predicted molar refractivity (Wildman–Crippen MR) is 109 cm³/mol. The maximum atomic E-state index is 13.1.